The summed E-state index contributed by atoms with van der Waals surface area (Å²) < 4.78 is 0. The Morgan fingerprint density at radius 2 is 2.00 bits per heavy atom. The minimum atomic E-state index is -0.254. The normalized spacial score (nSPS) is 16.9. The van der Waals surface area contributed by atoms with Gasteiger partial charge in [-0.25, -0.2) is 0 Å². The first-order valence-corrected chi connectivity index (χ1v) is 7.42. The molecular formula is C15H13ClN2OS. The molecule has 0 aromatic heterocycles. The fraction of sp³-hybridized carbons (Fsp3) is 0.133. The van der Waals surface area contributed by atoms with Gasteiger partial charge in [0.15, 0.2) is 0 Å². The summed E-state index contributed by atoms with van der Waals surface area (Å²) in [6.07, 6.45) is 0. The highest BCUT2D eigenvalue weighted by molar-refractivity contribution is 7.99. The van der Waals surface area contributed by atoms with Crippen LogP contribution in [0.2, 0.25) is 5.02 Å². The molecule has 1 aliphatic heterocycles. The number of halogens is 1. The van der Waals surface area contributed by atoms with Crippen molar-refractivity contribution >= 4 is 35.0 Å². The van der Waals surface area contributed by atoms with Crippen molar-refractivity contribution in [3.63, 3.8) is 0 Å². The van der Waals surface area contributed by atoms with Crippen molar-refractivity contribution in [3.8, 4) is 0 Å². The summed E-state index contributed by atoms with van der Waals surface area (Å²) in [4.78, 5) is 13.9. The topological polar surface area (TPSA) is 41.1 Å². The van der Waals surface area contributed by atoms with Gasteiger partial charge in [0.05, 0.1) is 0 Å². The summed E-state index contributed by atoms with van der Waals surface area (Å²) in [5, 5.41) is 6.63. The van der Waals surface area contributed by atoms with E-state index in [1.54, 1.807) is 18.8 Å². The number of amides is 1. The number of anilines is 1. The van der Waals surface area contributed by atoms with Crippen LogP contribution in [-0.4, -0.2) is 13.0 Å². The van der Waals surface area contributed by atoms with Crippen LogP contribution in [0.1, 0.15) is 11.6 Å². The van der Waals surface area contributed by atoms with Gasteiger partial charge in [0.2, 0.25) is 5.91 Å². The SMILES string of the molecule is CNC1C(=O)Nc2cc(Sc3cccc(Cl)c3)ccc21. The molecule has 2 aromatic carbocycles. The van der Waals surface area contributed by atoms with Crippen molar-refractivity contribution in [2.45, 2.75) is 15.8 Å². The highest BCUT2D eigenvalue weighted by Gasteiger charge is 2.28. The molecular weight excluding hydrogens is 292 g/mol. The number of fused-ring (bicyclic) bond motifs is 1. The Morgan fingerprint density at radius 1 is 1.20 bits per heavy atom. The van der Waals surface area contributed by atoms with Gasteiger partial charge >= 0.3 is 0 Å². The minimum Gasteiger partial charge on any atom is -0.324 e. The number of rotatable bonds is 3. The fourth-order valence-electron chi connectivity index (χ4n) is 2.26. The minimum absolute atomic E-state index is 0.00703. The average molecular weight is 305 g/mol. The quantitative estimate of drug-likeness (QED) is 0.908. The molecule has 1 unspecified atom stereocenters. The number of hydrogen-bond donors (Lipinski definition) is 2. The highest BCUT2D eigenvalue weighted by atomic mass is 35.5. The first-order valence-electron chi connectivity index (χ1n) is 6.23. The van der Waals surface area contributed by atoms with Crippen LogP contribution in [-0.2, 0) is 4.79 Å². The second kappa shape index (κ2) is 5.48. The van der Waals surface area contributed by atoms with E-state index in [-0.39, 0.29) is 11.9 Å². The Bertz CT molecular complexity index is 675. The predicted octanol–water partition coefficient (Wildman–Crippen LogP) is 3.70. The third kappa shape index (κ3) is 2.54. The molecule has 3 nitrogen and oxygen atoms in total. The Hall–Kier alpha value is -1.49. The standard InChI is InChI=1S/C15H13ClN2OS/c1-17-14-12-6-5-11(8-13(12)18-15(14)19)20-10-4-2-3-9(16)7-10/h2-8,14,17H,1H3,(H,18,19). The second-order valence-corrected chi connectivity index (χ2v) is 6.10. The van der Waals surface area contributed by atoms with Crippen LogP contribution in [0.25, 0.3) is 0 Å². The van der Waals surface area contributed by atoms with Crippen LogP contribution < -0.4 is 10.6 Å². The van der Waals surface area contributed by atoms with E-state index in [9.17, 15) is 4.79 Å². The van der Waals surface area contributed by atoms with Crippen LogP contribution >= 0.6 is 23.4 Å². The smallest absolute Gasteiger partial charge is 0.246 e. The van der Waals surface area contributed by atoms with E-state index >= 15 is 0 Å². The van der Waals surface area contributed by atoms with E-state index < -0.39 is 0 Å². The molecule has 2 N–H and O–H groups in total. The molecule has 1 amide bonds. The van der Waals surface area contributed by atoms with Gasteiger partial charge in [-0.1, -0.05) is 35.5 Å². The lowest BCUT2D eigenvalue weighted by Gasteiger charge is -2.07. The fourth-order valence-corrected chi connectivity index (χ4v) is 3.43. The molecule has 102 valence electrons. The molecule has 0 fully saturated rings. The Balaban J connectivity index is 1.87. The molecule has 2 aromatic rings. The van der Waals surface area contributed by atoms with Crippen molar-refractivity contribution in [1.82, 2.24) is 5.32 Å². The lowest BCUT2D eigenvalue weighted by Crippen LogP contribution is -2.23. The maximum absolute atomic E-state index is 11.8. The number of benzene rings is 2. The lowest BCUT2D eigenvalue weighted by atomic mass is 10.1. The van der Waals surface area contributed by atoms with E-state index in [0.29, 0.717) is 0 Å². The summed E-state index contributed by atoms with van der Waals surface area (Å²) in [6, 6.07) is 13.5. The van der Waals surface area contributed by atoms with Gasteiger partial charge < -0.3 is 10.6 Å². The molecule has 0 bridgehead atoms. The van der Waals surface area contributed by atoms with Gasteiger partial charge in [0.25, 0.3) is 0 Å². The largest absolute Gasteiger partial charge is 0.324 e. The molecule has 1 heterocycles. The third-order valence-corrected chi connectivity index (χ3v) is 4.39. The monoisotopic (exact) mass is 304 g/mol. The van der Waals surface area contributed by atoms with Crippen molar-refractivity contribution < 1.29 is 4.79 Å². The molecule has 0 spiro atoms. The van der Waals surface area contributed by atoms with Crippen LogP contribution in [0.3, 0.4) is 0 Å². The third-order valence-electron chi connectivity index (χ3n) is 3.18. The lowest BCUT2D eigenvalue weighted by molar-refractivity contribution is -0.117. The summed E-state index contributed by atoms with van der Waals surface area (Å²) in [7, 11) is 1.79. The van der Waals surface area contributed by atoms with Gasteiger partial charge in [-0.2, -0.15) is 0 Å². The van der Waals surface area contributed by atoms with Gasteiger partial charge in [-0.15, -0.1) is 0 Å². The van der Waals surface area contributed by atoms with E-state index in [4.69, 9.17) is 11.6 Å². The summed E-state index contributed by atoms with van der Waals surface area (Å²) in [5.41, 5.74) is 1.87. The molecule has 0 saturated carbocycles. The van der Waals surface area contributed by atoms with Crippen molar-refractivity contribution in [2.24, 2.45) is 0 Å². The molecule has 5 heteroatoms. The zero-order chi connectivity index (χ0) is 14.1. The molecule has 20 heavy (non-hydrogen) atoms. The van der Waals surface area contributed by atoms with Crippen molar-refractivity contribution in [2.75, 3.05) is 12.4 Å². The number of carbonyl (C=O) groups excluding carboxylic acids is 1. The van der Waals surface area contributed by atoms with Crippen molar-refractivity contribution in [1.29, 1.82) is 0 Å². The molecule has 3 rings (SSSR count). The summed E-state index contributed by atoms with van der Waals surface area (Å²) in [5.74, 6) is -0.00703. The number of nitrogens with one attached hydrogen (secondary N) is 2. The van der Waals surface area contributed by atoms with E-state index in [1.807, 2.05) is 42.5 Å². The summed E-state index contributed by atoms with van der Waals surface area (Å²) >= 11 is 7.60. The van der Waals surface area contributed by atoms with Gasteiger partial charge in [-0.3, -0.25) is 4.79 Å². The van der Waals surface area contributed by atoms with E-state index in [1.165, 1.54) is 0 Å². The highest BCUT2D eigenvalue weighted by Crippen LogP contribution is 2.36. The van der Waals surface area contributed by atoms with Crippen LogP contribution in [0, 0.1) is 0 Å². The Morgan fingerprint density at radius 3 is 2.75 bits per heavy atom. The maximum Gasteiger partial charge on any atom is 0.246 e. The van der Waals surface area contributed by atoms with Crippen LogP contribution in [0.15, 0.2) is 52.3 Å². The van der Waals surface area contributed by atoms with Crippen LogP contribution in [0.4, 0.5) is 5.69 Å². The second-order valence-electron chi connectivity index (χ2n) is 4.52. The number of hydrogen-bond acceptors (Lipinski definition) is 3. The molecule has 1 atom stereocenters. The maximum atomic E-state index is 11.8. The van der Waals surface area contributed by atoms with E-state index in [2.05, 4.69) is 10.6 Å². The van der Waals surface area contributed by atoms with Gasteiger partial charge in [-0.05, 0) is 37.4 Å². The van der Waals surface area contributed by atoms with E-state index in [0.717, 1.165) is 26.1 Å². The molecule has 0 saturated heterocycles. The van der Waals surface area contributed by atoms with Crippen LogP contribution in [0.5, 0.6) is 0 Å². The first-order chi connectivity index (χ1) is 9.67. The number of carbonyl (C=O) groups is 1. The van der Waals surface area contributed by atoms with Crippen molar-refractivity contribution in [3.05, 3.63) is 53.1 Å². The molecule has 0 aliphatic carbocycles. The average Bonchev–Trinajstić information content (AvgIpc) is 2.73. The van der Waals surface area contributed by atoms with Gasteiger partial charge in [0, 0.05) is 26.1 Å². The summed E-state index contributed by atoms with van der Waals surface area (Å²) in [6.45, 7) is 0. The zero-order valence-electron chi connectivity index (χ0n) is 10.8. The Kier molecular flexibility index (Phi) is 3.70. The molecule has 0 radical (unpaired) electrons. The molecule has 1 aliphatic rings. The zero-order valence-corrected chi connectivity index (χ0v) is 12.4. The van der Waals surface area contributed by atoms with Gasteiger partial charge in [0.1, 0.15) is 6.04 Å². The number of likely N-dealkylation sites (N-methyl/N-ethyl adjacent to an activating group) is 1. The Labute approximate surface area is 126 Å². The predicted molar refractivity (Wildman–Crippen MR) is 82.4 cm³/mol. The first kappa shape index (κ1) is 13.5.